The lowest BCUT2D eigenvalue weighted by Crippen LogP contribution is -2.37. The molecule has 90 valence electrons. The first kappa shape index (κ1) is 12.5. The first-order chi connectivity index (χ1) is 8.04. The van der Waals surface area contributed by atoms with E-state index in [9.17, 15) is 14.7 Å². The molecule has 6 heteroatoms. The number of imide groups is 1. The van der Waals surface area contributed by atoms with Gasteiger partial charge in [0.05, 0.1) is 29.7 Å². The number of aliphatic hydroxyl groups excluding tert-OH is 1. The van der Waals surface area contributed by atoms with E-state index in [-0.39, 0.29) is 18.3 Å². The molecule has 0 radical (unpaired) electrons. The predicted octanol–water partition coefficient (Wildman–Crippen LogP) is 1.64. The fourth-order valence-corrected chi connectivity index (χ4v) is 2.15. The fraction of sp³-hybridized carbons (Fsp3) is 0.273. The molecule has 1 N–H and O–H groups in total. The molecule has 0 aromatic heterocycles. The lowest BCUT2D eigenvalue weighted by molar-refractivity contribution is 0.0566. The zero-order chi connectivity index (χ0) is 12.6. The summed E-state index contributed by atoms with van der Waals surface area (Å²) in [6.07, 6.45) is -0.901. The van der Waals surface area contributed by atoms with E-state index in [1.165, 1.54) is 0 Å². The number of aliphatic hydroxyl groups is 1. The van der Waals surface area contributed by atoms with Gasteiger partial charge in [-0.25, -0.2) is 0 Å². The van der Waals surface area contributed by atoms with E-state index >= 15 is 0 Å². The minimum Gasteiger partial charge on any atom is -0.390 e. The Morgan fingerprint density at radius 3 is 2.59 bits per heavy atom. The Morgan fingerprint density at radius 2 is 1.94 bits per heavy atom. The second kappa shape index (κ2) is 4.76. The van der Waals surface area contributed by atoms with Crippen LogP contribution in [0.3, 0.4) is 0 Å². The van der Waals surface area contributed by atoms with Crippen LogP contribution in [0.5, 0.6) is 0 Å². The van der Waals surface area contributed by atoms with Gasteiger partial charge in [0.15, 0.2) is 0 Å². The number of nitrogens with zero attached hydrogens (tertiary/aromatic N) is 1. The van der Waals surface area contributed by atoms with Gasteiger partial charge in [0.25, 0.3) is 11.8 Å². The van der Waals surface area contributed by atoms with Crippen LogP contribution in [-0.2, 0) is 0 Å². The van der Waals surface area contributed by atoms with E-state index in [0.717, 1.165) is 9.37 Å². The molecule has 0 aliphatic carbocycles. The number of alkyl halides is 1. The molecule has 1 atom stereocenters. The zero-order valence-electron chi connectivity index (χ0n) is 8.69. The van der Waals surface area contributed by atoms with Crippen LogP contribution in [0.1, 0.15) is 20.7 Å². The molecule has 1 aromatic rings. The van der Waals surface area contributed by atoms with Gasteiger partial charge < -0.3 is 5.11 Å². The third-order valence-electron chi connectivity index (χ3n) is 2.50. The van der Waals surface area contributed by atoms with Crippen molar-refractivity contribution in [2.24, 2.45) is 0 Å². The standard InChI is InChI=1S/C11H9BrClNO3/c12-6-1-2-8-9(3-6)11(17)14(10(8)16)5-7(15)4-13/h1-3,7,15H,4-5H2. The Bertz CT molecular complexity index is 492. The quantitative estimate of drug-likeness (QED) is 0.681. The van der Waals surface area contributed by atoms with Crippen LogP contribution in [0.25, 0.3) is 0 Å². The van der Waals surface area contributed by atoms with Crippen LogP contribution in [0.2, 0.25) is 0 Å². The first-order valence-corrected chi connectivity index (χ1v) is 6.27. The van der Waals surface area contributed by atoms with Crippen molar-refractivity contribution in [3.8, 4) is 0 Å². The summed E-state index contributed by atoms with van der Waals surface area (Å²) < 4.78 is 0.733. The Hall–Kier alpha value is -0.910. The first-order valence-electron chi connectivity index (χ1n) is 4.94. The van der Waals surface area contributed by atoms with Crippen molar-refractivity contribution in [1.82, 2.24) is 4.90 Å². The van der Waals surface area contributed by atoms with Gasteiger partial charge in [0, 0.05) is 4.47 Å². The van der Waals surface area contributed by atoms with E-state index in [4.69, 9.17) is 11.6 Å². The van der Waals surface area contributed by atoms with E-state index < -0.39 is 12.0 Å². The van der Waals surface area contributed by atoms with Crippen molar-refractivity contribution in [2.45, 2.75) is 6.10 Å². The number of β-amino-alcohol motifs (C(OH)–C–C–N with tert-alkyl or cyclic N) is 1. The van der Waals surface area contributed by atoms with Crippen molar-refractivity contribution >= 4 is 39.3 Å². The van der Waals surface area contributed by atoms with Gasteiger partial charge in [0.2, 0.25) is 0 Å². The molecule has 1 aromatic carbocycles. The zero-order valence-corrected chi connectivity index (χ0v) is 11.0. The van der Waals surface area contributed by atoms with Gasteiger partial charge in [-0.05, 0) is 18.2 Å². The summed E-state index contributed by atoms with van der Waals surface area (Å²) in [4.78, 5) is 24.9. The molecule has 1 aliphatic rings. The Morgan fingerprint density at radius 1 is 1.29 bits per heavy atom. The highest BCUT2D eigenvalue weighted by Crippen LogP contribution is 2.26. The number of amides is 2. The lowest BCUT2D eigenvalue weighted by Gasteiger charge is -2.16. The predicted molar refractivity (Wildman–Crippen MR) is 66.2 cm³/mol. The van der Waals surface area contributed by atoms with Crippen LogP contribution < -0.4 is 0 Å². The van der Waals surface area contributed by atoms with Gasteiger partial charge in [-0.3, -0.25) is 14.5 Å². The Balaban J connectivity index is 2.32. The van der Waals surface area contributed by atoms with Crippen LogP contribution >= 0.6 is 27.5 Å². The van der Waals surface area contributed by atoms with Crippen LogP contribution in [0, 0.1) is 0 Å². The van der Waals surface area contributed by atoms with Gasteiger partial charge in [-0.1, -0.05) is 15.9 Å². The van der Waals surface area contributed by atoms with Crippen molar-refractivity contribution in [1.29, 1.82) is 0 Å². The third-order valence-corrected chi connectivity index (χ3v) is 3.35. The molecule has 2 rings (SSSR count). The van der Waals surface area contributed by atoms with Crippen molar-refractivity contribution < 1.29 is 14.7 Å². The number of hydrogen-bond acceptors (Lipinski definition) is 3. The summed E-state index contributed by atoms with van der Waals surface area (Å²) in [5.41, 5.74) is 0.714. The summed E-state index contributed by atoms with van der Waals surface area (Å²) in [5, 5.41) is 9.40. The minimum absolute atomic E-state index is 0.0168. The fourth-order valence-electron chi connectivity index (χ4n) is 1.69. The van der Waals surface area contributed by atoms with Crippen molar-refractivity contribution in [3.63, 3.8) is 0 Å². The van der Waals surface area contributed by atoms with Crippen LogP contribution in [-0.4, -0.2) is 40.3 Å². The molecule has 1 heterocycles. The molecule has 0 saturated carbocycles. The average molecular weight is 319 g/mol. The minimum atomic E-state index is -0.901. The largest absolute Gasteiger partial charge is 0.390 e. The number of benzene rings is 1. The number of carbonyl (C=O) groups excluding carboxylic acids is 2. The van der Waals surface area contributed by atoms with E-state index in [2.05, 4.69) is 15.9 Å². The number of hydrogen-bond donors (Lipinski definition) is 1. The Kier molecular flexibility index (Phi) is 3.51. The van der Waals surface area contributed by atoms with E-state index in [1.54, 1.807) is 18.2 Å². The SMILES string of the molecule is O=C1c2ccc(Br)cc2C(=O)N1CC(O)CCl. The molecule has 17 heavy (non-hydrogen) atoms. The monoisotopic (exact) mass is 317 g/mol. The average Bonchev–Trinajstić information content (AvgIpc) is 2.54. The molecule has 0 spiro atoms. The van der Waals surface area contributed by atoms with Gasteiger partial charge in [-0.15, -0.1) is 11.6 Å². The van der Waals surface area contributed by atoms with Gasteiger partial charge >= 0.3 is 0 Å². The molecule has 1 unspecified atom stereocenters. The highest BCUT2D eigenvalue weighted by Gasteiger charge is 2.36. The number of fused-ring (bicyclic) bond motifs is 1. The Labute approximate surface area is 111 Å². The summed E-state index contributed by atoms with van der Waals surface area (Å²) in [6, 6.07) is 4.89. The normalized spacial score (nSPS) is 16.3. The maximum atomic E-state index is 11.9. The van der Waals surface area contributed by atoms with Crippen molar-refractivity contribution in [3.05, 3.63) is 33.8 Å². The summed E-state index contributed by atoms with van der Waals surface area (Å²) in [5.74, 6) is -0.797. The third kappa shape index (κ3) is 2.22. The van der Waals surface area contributed by atoms with Crippen LogP contribution in [0.4, 0.5) is 0 Å². The molecule has 4 nitrogen and oxygen atoms in total. The summed E-state index contributed by atoms with van der Waals surface area (Å²) in [7, 11) is 0. The second-order valence-electron chi connectivity index (χ2n) is 3.72. The molecule has 0 saturated heterocycles. The van der Waals surface area contributed by atoms with E-state index in [1.807, 2.05) is 0 Å². The van der Waals surface area contributed by atoms with Crippen LogP contribution in [0.15, 0.2) is 22.7 Å². The van der Waals surface area contributed by atoms with Gasteiger partial charge in [-0.2, -0.15) is 0 Å². The summed E-state index contributed by atoms with van der Waals surface area (Å²) in [6.45, 7) is -0.0759. The topological polar surface area (TPSA) is 57.6 Å². The lowest BCUT2D eigenvalue weighted by atomic mass is 10.1. The molecule has 0 bridgehead atoms. The summed E-state index contributed by atoms with van der Waals surface area (Å²) >= 11 is 8.70. The van der Waals surface area contributed by atoms with E-state index in [0.29, 0.717) is 11.1 Å². The maximum Gasteiger partial charge on any atom is 0.261 e. The smallest absolute Gasteiger partial charge is 0.261 e. The molecule has 2 amide bonds. The molecular weight excluding hydrogens is 309 g/mol. The molecule has 1 aliphatic heterocycles. The number of rotatable bonds is 3. The highest BCUT2D eigenvalue weighted by molar-refractivity contribution is 9.10. The molecular formula is C11H9BrClNO3. The highest BCUT2D eigenvalue weighted by atomic mass is 79.9. The van der Waals surface area contributed by atoms with Crippen molar-refractivity contribution in [2.75, 3.05) is 12.4 Å². The number of halogens is 2. The van der Waals surface area contributed by atoms with Gasteiger partial charge in [0.1, 0.15) is 0 Å². The number of carbonyl (C=O) groups is 2. The second-order valence-corrected chi connectivity index (χ2v) is 4.94. The molecule has 0 fully saturated rings. The maximum absolute atomic E-state index is 11.9.